The van der Waals surface area contributed by atoms with Crippen LogP contribution in [0.3, 0.4) is 0 Å². The van der Waals surface area contributed by atoms with Crippen molar-refractivity contribution in [2.75, 3.05) is 12.9 Å². The number of aliphatic hydroxyl groups is 1. The topological polar surface area (TPSA) is 32.6 Å². The van der Waals surface area contributed by atoms with E-state index in [0.29, 0.717) is 0 Å². The number of nitrogens with zero attached hydrogens (tertiary/aromatic N) is 1. The minimum Gasteiger partial charge on any atom is -0.392 e. The summed E-state index contributed by atoms with van der Waals surface area (Å²) in [5.74, 6) is 0. The fraction of sp³-hybridized carbons (Fsp3) is 0.375. The smallest absolute Gasteiger partial charge is 0.0885 e. The summed E-state index contributed by atoms with van der Waals surface area (Å²) in [5, 5.41) is 9.46. The Morgan fingerprint density at radius 2 is 2.36 bits per heavy atom. The van der Waals surface area contributed by atoms with Crippen molar-refractivity contribution in [1.82, 2.24) is 0 Å². The molecule has 0 fully saturated rings. The van der Waals surface area contributed by atoms with Gasteiger partial charge in [-0.3, -0.25) is 4.99 Å². The van der Waals surface area contributed by atoms with E-state index in [1.165, 1.54) is 11.8 Å². The highest BCUT2D eigenvalue weighted by atomic mass is 32.2. The molecule has 1 N–H and O–H groups in total. The predicted octanol–water partition coefficient (Wildman–Crippen LogP) is 1.83. The first-order valence-corrected chi connectivity index (χ1v) is 4.50. The van der Waals surface area contributed by atoms with Gasteiger partial charge in [-0.05, 0) is 18.8 Å². The van der Waals surface area contributed by atoms with Crippen molar-refractivity contribution in [1.29, 1.82) is 0 Å². The van der Waals surface area contributed by atoms with Crippen LogP contribution in [0.5, 0.6) is 0 Å². The first-order valence-electron chi connectivity index (χ1n) is 3.27. The number of aliphatic imine (C=N–C) groups is 1. The maximum absolute atomic E-state index is 8.72. The summed E-state index contributed by atoms with van der Waals surface area (Å²) in [7, 11) is 0. The lowest BCUT2D eigenvalue weighted by Crippen LogP contribution is -1.90. The van der Waals surface area contributed by atoms with Crippen LogP contribution in [0.1, 0.15) is 6.92 Å². The highest BCUT2D eigenvalue weighted by molar-refractivity contribution is 8.02. The Morgan fingerprint density at radius 3 is 2.73 bits per heavy atom. The van der Waals surface area contributed by atoms with E-state index in [0.717, 1.165) is 10.6 Å². The van der Waals surface area contributed by atoms with E-state index >= 15 is 0 Å². The van der Waals surface area contributed by atoms with Gasteiger partial charge in [0.1, 0.15) is 0 Å². The Balaban J connectivity index is 4.00. The second-order valence-electron chi connectivity index (χ2n) is 1.88. The van der Waals surface area contributed by atoms with Crippen LogP contribution >= 0.6 is 11.8 Å². The lowest BCUT2D eigenvalue weighted by Gasteiger charge is -1.93. The van der Waals surface area contributed by atoms with Crippen LogP contribution in [-0.4, -0.2) is 24.2 Å². The van der Waals surface area contributed by atoms with Crippen LogP contribution in [0.15, 0.2) is 28.2 Å². The minimum absolute atomic E-state index is 0.0294. The van der Waals surface area contributed by atoms with Crippen molar-refractivity contribution in [3.63, 3.8) is 0 Å². The molecule has 0 amide bonds. The lowest BCUT2D eigenvalue weighted by molar-refractivity contribution is 0.337. The quantitative estimate of drug-likeness (QED) is 0.654. The molecule has 0 saturated carbocycles. The fourth-order valence-corrected chi connectivity index (χ4v) is 0.572. The van der Waals surface area contributed by atoms with Gasteiger partial charge in [0.2, 0.25) is 0 Å². The third-order valence-electron chi connectivity index (χ3n) is 1.16. The average Bonchev–Trinajstić information content (AvgIpc) is 2.06. The number of allylic oxidation sites excluding steroid dienone is 1. The largest absolute Gasteiger partial charge is 0.392 e. The van der Waals surface area contributed by atoms with Gasteiger partial charge in [-0.2, -0.15) is 0 Å². The zero-order valence-electron chi connectivity index (χ0n) is 6.87. The van der Waals surface area contributed by atoms with Gasteiger partial charge in [-0.25, -0.2) is 0 Å². The Hall–Kier alpha value is -0.540. The van der Waals surface area contributed by atoms with Crippen LogP contribution < -0.4 is 0 Å². The third kappa shape index (κ3) is 4.81. The summed E-state index contributed by atoms with van der Waals surface area (Å²) in [6.45, 7) is 5.56. The van der Waals surface area contributed by atoms with Crippen molar-refractivity contribution >= 4 is 18.0 Å². The zero-order valence-corrected chi connectivity index (χ0v) is 7.69. The summed E-state index contributed by atoms with van der Waals surface area (Å²) in [5.41, 5.74) is 0.806. The highest BCUT2D eigenvalue weighted by Crippen LogP contribution is 2.08. The van der Waals surface area contributed by atoms with Crippen LogP contribution in [0.25, 0.3) is 0 Å². The number of hydrogen-bond donors (Lipinski definition) is 1. The van der Waals surface area contributed by atoms with Crippen LogP contribution in [0, 0.1) is 0 Å². The normalized spacial score (nSPS) is 12.5. The second kappa shape index (κ2) is 6.19. The Bertz CT molecular complexity index is 185. The molecule has 62 valence electrons. The maximum atomic E-state index is 8.72. The molecule has 0 saturated heterocycles. The lowest BCUT2D eigenvalue weighted by atomic mass is 10.3. The van der Waals surface area contributed by atoms with E-state index in [4.69, 9.17) is 5.11 Å². The van der Waals surface area contributed by atoms with Crippen LogP contribution in [0.2, 0.25) is 0 Å². The standard InChI is InChI=1S/C8H13NOS/c1-4-8(6-10)5-9-7(2)11-3/h4-5,10H,2,6H2,1,3H3/b8-4+,9-5?. The molecule has 0 aromatic heterocycles. The summed E-state index contributed by atoms with van der Waals surface area (Å²) in [4.78, 5) is 4.00. The third-order valence-corrected chi connectivity index (χ3v) is 1.74. The molecule has 0 radical (unpaired) electrons. The number of aliphatic hydroxyl groups excluding tert-OH is 1. The van der Waals surface area contributed by atoms with E-state index < -0.39 is 0 Å². The van der Waals surface area contributed by atoms with Crippen molar-refractivity contribution in [2.45, 2.75) is 6.92 Å². The summed E-state index contributed by atoms with van der Waals surface area (Å²) >= 11 is 1.49. The van der Waals surface area contributed by atoms with Crippen LogP contribution in [-0.2, 0) is 0 Å². The molecule has 0 aromatic carbocycles. The van der Waals surface area contributed by atoms with E-state index in [1.54, 1.807) is 6.21 Å². The molecular formula is C8H13NOS. The van der Waals surface area contributed by atoms with E-state index in [-0.39, 0.29) is 6.61 Å². The molecule has 0 unspecified atom stereocenters. The molecule has 2 nitrogen and oxygen atoms in total. The number of hydrogen-bond acceptors (Lipinski definition) is 3. The first kappa shape index (κ1) is 10.5. The molecule has 0 bridgehead atoms. The van der Waals surface area contributed by atoms with Crippen molar-refractivity contribution in [3.8, 4) is 0 Å². The van der Waals surface area contributed by atoms with Gasteiger partial charge in [0.05, 0.1) is 11.6 Å². The Kier molecular flexibility index (Phi) is 5.88. The summed E-state index contributed by atoms with van der Waals surface area (Å²) in [6.07, 6.45) is 5.35. The van der Waals surface area contributed by atoms with Crippen molar-refractivity contribution in [3.05, 3.63) is 23.3 Å². The molecule has 0 aliphatic heterocycles. The van der Waals surface area contributed by atoms with E-state index in [9.17, 15) is 0 Å². The van der Waals surface area contributed by atoms with Gasteiger partial charge in [0.25, 0.3) is 0 Å². The fourth-order valence-electron chi connectivity index (χ4n) is 0.414. The van der Waals surface area contributed by atoms with Crippen molar-refractivity contribution < 1.29 is 5.11 Å². The summed E-state index contributed by atoms with van der Waals surface area (Å²) < 4.78 is 0. The molecule has 0 aliphatic rings. The van der Waals surface area contributed by atoms with Crippen LogP contribution in [0.4, 0.5) is 0 Å². The molecule has 0 aliphatic carbocycles. The molecule has 3 heteroatoms. The van der Waals surface area contributed by atoms with Crippen molar-refractivity contribution in [2.24, 2.45) is 4.99 Å². The number of thioether (sulfide) groups is 1. The predicted molar refractivity (Wildman–Crippen MR) is 52.0 cm³/mol. The molecule has 0 aromatic rings. The van der Waals surface area contributed by atoms with Gasteiger partial charge in [-0.15, -0.1) is 11.8 Å². The molecule has 0 heterocycles. The highest BCUT2D eigenvalue weighted by Gasteiger charge is 1.87. The zero-order chi connectivity index (χ0) is 8.69. The summed E-state index contributed by atoms with van der Waals surface area (Å²) in [6, 6.07) is 0. The Morgan fingerprint density at radius 1 is 1.73 bits per heavy atom. The molecule has 0 rings (SSSR count). The van der Waals surface area contributed by atoms with Gasteiger partial charge in [-0.1, -0.05) is 12.7 Å². The number of rotatable bonds is 4. The second-order valence-corrected chi connectivity index (χ2v) is 2.76. The molecule has 0 spiro atoms. The van der Waals surface area contributed by atoms with Gasteiger partial charge in [0, 0.05) is 6.21 Å². The molecule has 0 atom stereocenters. The molecule has 11 heavy (non-hydrogen) atoms. The average molecular weight is 171 g/mol. The van der Waals surface area contributed by atoms with E-state index in [1.807, 2.05) is 19.3 Å². The first-order chi connectivity index (χ1) is 5.24. The minimum atomic E-state index is 0.0294. The van der Waals surface area contributed by atoms with E-state index in [2.05, 4.69) is 11.6 Å². The Labute approximate surface area is 71.7 Å². The monoisotopic (exact) mass is 171 g/mol. The molecular weight excluding hydrogens is 158 g/mol. The SMILES string of the molecule is C=C(N=C/C(=C\C)CO)SC. The van der Waals surface area contributed by atoms with Gasteiger partial charge >= 0.3 is 0 Å². The van der Waals surface area contributed by atoms with Gasteiger partial charge in [0.15, 0.2) is 0 Å². The van der Waals surface area contributed by atoms with Gasteiger partial charge < -0.3 is 5.11 Å². The maximum Gasteiger partial charge on any atom is 0.0885 e.